The van der Waals surface area contributed by atoms with Crippen LogP contribution in [0.5, 0.6) is 11.5 Å². The highest BCUT2D eigenvalue weighted by Crippen LogP contribution is 2.35. The van der Waals surface area contributed by atoms with Gasteiger partial charge in [0, 0.05) is 26.6 Å². The van der Waals surface area contributed by atoms with E-state index in [0.29, 0.717) is 20.9 Å². The van der Waals surface area contributed by atoms with E-state index < -0.39 is 16.0 Å². The van der Waals surface area contributed by atoms with Crippen molar-refractivity contribution >= 4 is 49.3 Å². The van der Waals surface area contributed by atoms with E-state index in [1.54, 1.807) is 24.3 Å². The second-order valence-electron chi connectivity index (χ2n) is 8.26. The first-order valence-electron chi connectivity index (χ1n) is 11.8. The second-order valence-corrected chi connectivity index (χ2v) is 10.1. The largest absolute Gasteiger partial charge is 0.502 e. The van der Waals surface area contributed by atoms with Crippen LogP contribution in [0.1, 0.15) is 22.8 Å². The molecule has 0 spiro atoms. The van der Waals surface area contributed by atoms with Gasteiger partial charge in [0.1, 0.15) is 6.10 Å². The third-order valence-electron chi connectivity index (χ3n) is 5.49. The normalized spacial score (nSPS) is 11.2. The molecule has 1 atom stereocenters. The molecule has 0 saturated heterocycles. The van der Waals surface area contributed by atoms with Crippen molar-refractivity contribution in [3.8, 4) is 11.5 Å². The molecular weight excluding hydrogens is 644 g/mol. The first-order chi connectivity index (χ1) is 19.2. The van der Waals surface area contributed by atoms with Crippen LogP contribution in [-0.2, 0) is 6.42 Å². The zero-order valence-corrected chi connectivity index (χ0v) is 24.2. The lowest BCUT2D eigenvalue weighted by atomic mass is 10.1. The van der Waals surface area contributed by atoms with Crippen LogP contribution in [0.25, 0.3) is 6.08 Å². The number of nitro benzene ring substituents is 2. The van der Waals surface area contributed by atoms with Crippen LogP contribution < -0.4 is 4.74 Å². The van der Waals surface area contributed by atoms with Crippen LogP contribution >= 0.6 is 31.9 Å². The van der Waals surface area contributed by atoms with Crippen LogP contribution in [0.2, 0.25) is 0 Å². The molecule has 0 fully saturated rings. The number of aromatic hydroxyl groups is 1. The summed E-state index contributed by atoms with van der Waals surface area (Å²) in [6, 6.07) is 26.8. The Bertz CT molecular complexity index is 1510. The van der Waals surface area contributed by atoms with Crippen molar-refractivity contribution in [3.63, 3.8) is 0 Å². The van der Waals surface area contributed by atoms with Crippen molar-refractivity contribution in [1.29, 1.82) is 0 Å². The van der Waals surface area contributed by atoms with E-state index in [-0.39, 0.29) is 22.9 Å². The van der Waals surface area contributed by atoms with Gasteiger partial charge in [-0.25, -0.2) is 0 Å². The van der Waals surface area contributed by atoms with Gasteiger partial charge in [-0.05, 0) is 41.8 Å². The van der Waals surface area contributed by atoms with Gasteiger partial charge >= 0.3 is 11.4 Å². The van der Waals surface area contributed by atoms with Crippen LogP contribution in [-0.4, -0.2) is 15.0 Å². The smallest absolute Gasteiger partial charge is 0.312 e. The number of hydrogen-bond acceptors (Lipinski definition) is 6. The van der Waals surface area contributed by atoms with Crippen LogP contribution in [0, 0.1) is 20.2 Å². The topological polar surface area (TPSA) is 116 Å². The zero-order valence-electron chi connectivity index (χ0n) is 21.0. The van der Waals surface area contributed by atoms with Crippen LogP contribution in [0.3, 0.4) is 0 Å². The predicted molar refractivity (Wildman–Crippen MR) is 162 cm³/mol. The summed E-state index contributed by atoms with van der Waals surface area (Å²) in [6.07, 6.45) is 5.37. The van der Waals surface area contributed by atoms with Crippen molar-refractivity contribution in [2.75, 3.05) is 0 Å². The minimum Gasteiger partial charge on any atom is -0.502 e. The molecule has 4 aromatic carbocycles. The minimum atomic E-state index is -0.593. The molecule has 0 amide bonds. The summed E-state index contributed by atoms with van der Waals surface area (Å²) in [6.45, 7) is 3.72. The molecule has 0 aliphatic carbocycles. The van der Waals surface area contributed by atoms with Crippen LogP contribution in [0.15, 0.2) is 119 Å². The number of ether oxygens (including phenoxy) is 1. The standard InChI is InChI=1S/2C15H12BrNO3/c1-2-14(11-6-4-3-5-7-11)20-15-9-8-12(16)10-13(15)17(18)19;16-13-9-12(15(18)14(10-13)17(19)20)8-4-7-11-5-2-1-3-6-11/h2-10,14H,1H2;1-7,9-10,18H,8H2/b;7-4+. The number of phenolic OH excluding ortho intramolecular Hbond substituents is 1. The van der Waals surface area contributed by atoms with Gasteiger partial charge in [0.2, 0.25) is 0 Å². The number of nitro groups is 2. The van der Waals surface area contributed by atoms with Gasteiger partial charge in [-0.3, -0.25) is 20.2 Å². The summed E-state index contributed by atoms with van der Waals surface area (Å²) < 4.78 is 6.92. The maximum atomic E-state index is 11.1. The van der Waals surface area contributed by atoms with E-state index in [4.69, 9.17) is 4.74 Å². The van der Waals surface area contributed by atoms with Gasteiger partial charge in [0.15, 0.2) is 11.5 Å². The molecule has 4 aromatic rings. The van der Waals surface area contributed by atoms with E-state index in [2.05, 4.69) is 38.4 Å². The van der Waals surface area contributed by atoms with Crippen molar-refractivity contribution in [2.24, 2.45) is 0 Å². The van der Waals surface area contributed by atoms with Gasteiger partial charge < -0.3 is 9.84 Å². The second kappa shape index (κ2) is 14.8. The Balaban J connectivity index is 0.000000220. The number of allylic oxidation sites excluding steroid dienone is 1. The molecule has 0 aromatic heterocycles. The molecular formula is C30H24Br2N2O6. The summed E-state index contributed by atoms with van der Waals surface area (Å²) in [5, 5.41) is 31.8. The molecule has 0 aliphatic rings. The summed E-state index contributed by atoms with van der Waals surface area (Å²) in [7, 11) is 0. The number of halogens is 2. The lowest BCUT2D eigenvalue weighted by Crippen LogP contribution is -2.06. The molecule has 1 unspecified atom stereocenters. The molecule has 0 radical (unpaired) electrons. The third kappa shape index (κ3) is 8.62. The van der Waals surface area contributed by atoms with Crippen molar-refractivity contribution in [2.45, 2.75) is 12.5 Å². The maximum Gasteiger partial charge on any atom is 0.312 e. The number of rotatable bonds is 9. The van der Waals surface area contributed by atoms with Gasteiger partial charge in [-0.2, -0.15) is 0 Å². The van der Waals surface area contributed by atoms with Crippen molar-refractivity contribution < 1.29 is 19.7 Å². The van der Waals surface area contributed by atoms with Crippen LogP contribution in [0.4, 0.5) is 11.4 Å². The fraction of sp³-hybridized carbons (Fsp3) is 0.0667. The van der Waals surface area contributed by atoms with Crippen molar-refractivity contribution in [3.05, 3.63) is 156 Å². The Morgan fingerprint density at radius 3 is 2.05 bits per heavy atom. The summed E-state index contributed by atoms with van der Waals surface area (Å²) >= 11 is 6.43. The molecule has 0 aliphatic heterocycles. The van der Waals surface area contributed by atoms with Gasteiger partial charge in [0.05, 0.1) is 9.85 Å². The summed E-state index contributed by atoms with van der Waals surface area (Å²) in [4.78, 5) is 20.8. The first kappa shape index (κ1) is 30.3. The quantitative estimate of drug-likeness (QED) is 0.108. The number of benzene rings is 4. The minimum absolute atomic E-state index is 0.0813. The first-order valence-corrected chi connectivity index (χ1v) is 13.4. The number of hydrogen-bond donors (Lipinski definition) is 1. The highest BCUT2D eigenvalue weighted by atomic mass is 79.9. The van der Waals surface area contributed by atoms with Gasteiger partial charge in [-0.15, -0.1) is 0 Å². The van der Waals surface area contributed by atoms with E-state index in [1.165, 1.54) is 12.1 Å². The monoisotopic (exact) mass is 666 g/mol. The fourth-order valence-electron chi connectivity index (χ4n) is 3.59. The average molecular weight is 668 g/mol. The van der Waals surface area contributed by atoms with E-state index >= 15 is 0 Å². The fourth-order valence-corrected chi connectivity index (χ4v) is 4.43. The van der Waals surface area contributed by atoms with Crippen molar-refractivity contribution in [1.82, 2.24) is 0 Å². The molecule has 40 heavy (non-hydrogen) atoms. The molecule has 0 heterocycles. The molecule has 10 heteroatoms. The highest BCUT2D eigenvalue weighted by Gasteiger charge is 2.19. The number of phenols is 1. The molecule has 204 valence electrons. The molecule has 8 nitrogen and oxygen atoms in total. The van der Waals surface area contributed by atoms with Gasteiger partial charge in [0.25, 0.3) is 0 Å². The van der Waals surface area contributed by atoms with Gasteiger partial charge in [-0.1, -0.05) is 111 Å². The highest BCUT2D eigenvalue weighted by molar-refractivity contribution is 9.10. The lowest BCUT2D eigenvalue weighted by Gasteiger charge is -2.15. The molecule has 0 bridgehead atoms. The SMILES string of the molecule is C=CC(Oc1ccc(Br)cc1[N+](=O)[O-])c1ccccc1.O=[N+]([O-])c1cc(Br)cc(C/C=C/c2ccccc2)c1O. The number of nitrogens with zero attached hydrogens (tertiary/aromatic N) is 2. The van der Waals surface area contributed by atoms with E-state index in [0.717, 1.165) is 11.1 Å². The zero-order chi connectivity index (χ0) is 29.1. The maximum absolute atomic E-state index is 11.1. The Morgan fingerprint density at radius 1 is 0.850 bits per heavy atom. The van der Waals surface area contributed by atoms with E-state index in [1.807, 2.05) is 72.8 Å². The van der Waals surface area contributed by atoms with E-state index in [9.17, 15) is 25.3 Å². The summed E-state index contributed by atoms with van der Waals surface area (Å²) in [5.74, 6) is -0.0668. The Kier molecular flexibility index (Phi) is 11.2. The molecule has 1 N–H and O–H groups in total. The average Bonchev–Trinajstić information content (AvgIpc) is 2.95. The Labute approximate surface area is 247 Å². The predicted octanol–water partition coefficient (Wildman–Crippen LogP) is 8.98. The lowest BCUT2D eigenvalue weighted by molar-refractivity contribution is -0.386. The molecule has 4 rings (SSSR count). The molecule has 0 saturated carbocycles. The Hall–Kier alpha value is -4.28. The summed E-state index contributed by atoms with van der Waals surface area (Å²) in [5.41, 5.74) is 2.07. The third-order valence-corrected chi connectivity index (χ3v) is 6.44. The Morgan fingerprint density at radius 2 is 1.45 bits per heavy atom.